The van der Waals surface area contributed by atoms with E-state index in [2.05, 4.69) is 172 Å². The zero-order chi connectivity index (χ0) is 32.5. The number of rotatable bonds is 9. The lowest BCUT2D eigenvalue weighted by Gasteiger charge is -2.36. The van der Waals surface area contributed by atoms with Crippen LogP contribution in [-0.4, -0.2) is 17.7 Å². The van der Waals surface area contributed by atoms with E-state index in [1.165, 1.54) is 56.4 Å². The molecule has 0 fully saturated rings. The number of thioether (sulfide) groups is 2. The van der Waals surface area contributed by atoms with E-state index < -0.39 is 0 Å². The monoisotopic (exact) mass is 653 g/mol. The van der Waals surface area contributed by atoms with Gasteiger partial charge in [-0.3, -0.25) is 0 Å². The van der Waals surface area contributed by atoms with E-state index in [1.54, 1.807) is 0 Å². The molecule has 0 bridgehead atoms. The summed E-state index contributed by atoms with van der Waals surface area (Å²) in [5.41, 5.74) is 9.94. The summed E-state index contributed by atoms with van der Waals surface area (Å²) in [6.45, 7) is 16.3. The summed E-state index contributed by atoms with van der Waals surface area (Å²) in [6, 6.07) is 39.3. The van der Waals surface area contributed by atoms with E-state index in [-0.39, 0.29) is 0 Å². The summed E-state index contributed by atoms with van der Waals surface area (Å²) in [7, 11) is 2.85. The maximum atomic E-state index is 2.85. The van der Waals surface area contributed by atoms with Gasteiger partial charge in [0.2, 0.25) is 0 Å². The number of para-hydroxylation sites is 3. The van der Waals surface area contributed by atoms with Crippen LogP contribution in [0.3, 0.4) is 0 Å². The summed E-state index contributed by atoms with van der Waals surface area (Å²) in [4.78, 5) is 2.40. The minimum atomic E-state index is 0.328. The molecule has 0 saturated carbocycles. The van der Waals surface area contributed by atoms with Gasteiger partial charge in [0.25, 0.3) is 0 Å². The van der Waals surface area contributed by atoms with E-state index in [0.29, 0.717) is 16.7 Å². The molecule has 45 heavy (non-hydrogen) atoms. The molecule has 1 aliphatic rings. The van der Waals surface area contributed by atoms with Crippen molar-refractivity contribution >= 4 is 55.4 Å². The molecule has 0 amide bonds. The molecule has 4 aromatic carbocycles. The fourth-order valence-electron chi connectivity index (χ4n) is 5.90. The van der Waals surface area contributed by atoms with Crippen molar-refractivity contribution in [2.75, 3.05) is 22.6 Å². The Labute approximate surface area is 284 Å². The second kappa shape index (κ2) is 16.4. The third kappa shape index (κ3) is 9.54. The van der Waals surface area contributed by atoms with Crippen LogP contribution < -0.4 is 4.90 Å². The first kappa shape index (κ1) is 35.4. The van der Waals surface area contributed by atoms with Crippen molar-refractivity contribution in [3.8, 4) is 0 Å². The minimum absolute atomic E-state index is 0.328. The highest BCUT2D eigenvalue weighted by atomic mass is 32.2. The van der Waals surface area contributed by atoms with Crippen LogP contribution in [0.15, 0.2) is 113 Å². The molecule has 1 heterocycles. The first-order chi connectivity index (χ1) is 21.5. The van der Waals surface area contributed by atoms with Gasteiger partial charge in [-0.05, 0) is 77.1 Å². The number of hydrogen-bond acceptors (Lipinski definition) is 3. The molecule has 4 aromatic rings. The number of hydrogen-bond donors (Lipinski definition) is 0. The molecular weight excluding hydrogens is 602 g/mol. The topological polar surface area (TPSA) is 3.24 Å². The van der Waals surface area contributed by atoms with Crippen molar-refractivity contribution < 1.29 is 0 Å². The van der Waals surface area contributed by atoms with Crippen molar-refractivity contribution in [3.05, 3.63) is 130 Å². The molecule has 4 heteroatoms. The normalized spacial score (nSPS) is 13.3. The Morgan fingerprint density at radius 2 is 1.20 bits per heavy atom. The number of anilines is 3. The van der Waals surface area contributed by atoms with Crippen molar-refractivity contribution in [2.45, 2.75) is 67.2 Å². The molecular formula is C41H52NPS2. The highest BCUT2D eigenvalue weighted by Gasteiger charge is 2.31. The van der Waals surface area contributed by atoms with E-state index >= 15 is 0 Å². The molecule has 1 aliphatic heterocycles. The first-order valence-corrected chi connectivity index (χ1v) is 19.1. The Morgan fingerprint density at radius 1 is 0.689 bits per heavy atom. The summed E-state index contributed by atoms with van der Waals surface area (Å²) < 4.78 is 1.44. The standard InChI is InChI=1S/C25H26NPS2.C16H26/c1-2-28-25(29-18-10-17-27)24-20-13-6-8-15-22(20)26(19-11-4-3-5-12-19)23-16-9-7-14-21(23)24;1-15(2,3)12-14(16(4,5)6)13-10-8-7-9-11-13/h3-9,11-16H,2,10,17-18,27H2,1H3;7-11,14H,12H2,1-6H3. The Kier molecular flexibility index (Phi) is 12.9. The van der Waals surface area contributed by atoms with Gasteiger partial charge in [-0.25, -0.2) is 0 Å². The van der Waals surface area contributed by atoms with Crippen molar-refractivity contribution in [1.82, 2.24) is 0 Å². The van der Waals surface area contributed by atoms with Crippen LogP contribution >= 0.6 is 32.8 Å². The fourth-order valence-corrected chi connectivity index (χ4v) is 8.82. The lowest BCUT2D eigenvalue weighted by Crippen LogP contribution is -2.23. The predicted octanol–water partition coefficient (Wildman–Crippen LogP) is 13.2. The smallest absolute Gasteiger partial charge is 0.0541 e. The SMILES string of the molecule is CC(C)(C)CC(c1ccccc1)C(C)(C)C.CCSC(SCCCP)=C1c2ccccc2N(c2ccccc2)c2ccccc21. The van der Waals surface area contributed by atoms with Gasteiger partial charge in [-0.2, -0.15) is 0 Å². The molecule has 0 N–H and O–H groups in total. The highest BCUT2D eigenvalue weighted by molar-refractivity contribution is 8.22. The Morgan fingerprint density at radius 3 is 1.69 bits per heavy atom. The van der Waals surface area contributed by atoms with Crippen molar-refractivity contribution in [1.29, 1.82) is 0 Å². The van der Waals surface area contributed by atoms with Crippen LogP contribution in [0.25, 0.3) is 5.57 Å². The summed E-state index contributed by atoms with van der Waals surface area (Å²) in [5, 5.41) is 0. The van der Waals surface area contributed by atoms with E-state index in [0.717, 1.165) is 17.7 Å². The molecule has 238 valence electrons. The van der Waals surface area contributed by atoms with E-state index in [9.17, 15) is 0 Å². The largest absolute Gasteiger partial charge is 0.309 e. The summed E-state index contributed by atoms with van der Waals surface area (Å²) >= 11 is 3.99. The van der Waals surface area contributed by atoms with Crippen molar-refractivity contribution in [2.24, 2.45) is 10.8 Å². The van der Waals surface area contributed by atoms with E-state index in [1.807, 2.05) is 23.5 Å². The Bertz CT molecular complexity index is 1470. The van der Waals surface area contributed by atoms with Gasteiger partial charge >= 0.3 is 0 Å². The van der Waals surface area contributed by atoms with Gasteiger partial charge in [0.05, 0.1) is 11.4 Å². The zero-order valence-corrected chi connectivity index (χ0v) is 31.1. The van der Waals surface area contributed by atoms with Crippen LogP contribution in [-0.2, 0) is 0 Å². The summed E-state index contributed by atoms with van der Waals surface area (Å²) in [5.74, 6) is 2.87. The number of fused-ring (bicyclic) bond motifs is 2. The zero-order valence-electron chi connectivity index (χ0n) is 28.3. The fraction of sp³-hybridized carbons (Fsp3) is 0.366. The molecule has 2 unspecified atom stereocenters. The van der Waals surface area contributed by atoms with Crippen LogP contribution in [0.1, 0.15) is 83.9 Å². The average Bonchev–Trinajstić information content (AvgIpc) is 3.02. The molecule has 0 saturated heterocycles. The lowest BCUT2D eigenvalue weighted by atomic mass is 9.69. The lowest BCUT2D eigenvalue weighted by molar-refractivity contribution is 0.229. The molecule has 1 nitrogen and oxygen atoms in total. The van der Waals surface area contributed by atoms with Crippen LogP contribution in [0.4, 0.5) is 17.1 Å². The first-order valence-electron chi connectivity index (χ1n) is 16.3. The predicted molar refractivity (Wildman–Crippen MR) is 210 cm³/mol. The van der Waals surface area contributed by atoms with Crippen LogP contribution in [0.2, 0.25) is 0 Å². The quantitative estimate of drug-likeness (QED) is 0.115. The van der Waals surface area contributed by atoms with Gasteiger partial charge in [0, 0.05) is 26.6 Å². The Balaban J connectivity index is 0.000000245. The second-order valence-electron chi connectivity index (χ2n) is 13.9. The van der Waals surface area contributed by atoms with Crippen LogP contribution in [0.5, 0.6) is 0 Å². The minimum Gasteiger partial charge on any atom is -0.309 e. The average molecular weight is 654 g/mol. The molecule has 2 atom stereocenters. The number of benzene rings is 4. The van der Waals surface area contributed by atoms with Gasteiger partial charge in [-0.1, -0.05) is 133 Å². The maximum Gasteiger partial charge on any atom is 0.0541 e. The highest BCUT2D eigenvalue weighted by Crippen LogP contribution is 2.52. The third-order valence-electron chi connectivity index (χ3n) is 7.97. The molecule has 0 radical (unpaired) electrons. The maximum absolute atomic E-state index is 2.85. The summed E-state index contributed by atoms with van der Waals surface area (Å²) in [6.07, 6.45) is 3.61. The van der Waals surface area contributed by atoms with Crippen molar-refractivity contribution in [3.63, 3.8) is 0 Å². The molecule has 0 aromatic heterocycles. The Hall–Kier alpha value is -2.45. The molecule has 5 rings (SSSR count). The number of nitrogens with zero attached hydrogens (tertiary/aromatic N) is 1. The van der Waals surface area contributed by atoms with Crippen LogP contribution in [0, 0.1) is 10.8 Å². The molecule has 0 spiro atoms. The molecule has 0 aliphatic carbocycles. The van der Waals surface area contributed by atoms with Gasteiger partial charge in [-0.15, -0.1) is 32.8 Å². The second-order valence-corrected chi connectivity index (χ2v) is 17.1. The van der Waals surface area contributed by atoms with E-state index in [4.69, 9.17) is 0 Å². The van der Waals surface area contributed by atoms with Gasteiger partial charge < -0.3 is 4.90 Å². The van der Waals surface area contributed by atoms with Gasteiger partial charge in [0.1, 0.15) is 0 Å². The third-order valence-corrected chi connectivity index (χ3v) is 10.8. The van der Waals surface area contributed by atoms with Gasteiger partial charge in [0.15, 0.2) is 0 Å².